The summed E-state index contributed by atoms with van der Waals surface area (Å²) in [4.78, 5) is 13.8. The first-order valence-corrected chi connectivity index (χ1v) is 5.80. The maximum absolute atomic E-state index is 9.74. The molecule has 0 atom stereocenters. The summed E-state index contributed by atoms with van der Waals surface area (Å²) in [7, 11) is 0. The first-order valence-electron chi connectivity index (χ1n) is 5.42. The van der Waals surface area contributed by atoms with Gasteiger partial charge in [-0.15, -0.1) is 0 Å². The van der Waals surface area contributed by atoms with Crippen molar-refractivity contribution in [3.63, 3.8) is 0 Å². The van der Waals surface area contributed by atoms with Crippen LogP contribution in [0.3, 0.4) is 0 Å². The normalized spacial score (nSPS) is 10.1. The van der Waals surface area contributed by atoms with E-state index in [0.717, 1.165) is 32.1 Å². The highest BCUT2D eigenvalue weighted by Crippen LogP contribution is 2.09. The second-order valence-electron chi connectivity index (χ2n) is 3.59. The van der Waals surface area contributed by atoms with Crippen LogP contribution in [0.2, 0.25) is 5.15 Å². The fourth-order valence-electron chi connectivity index (χ4n) is 1.45. The Hall–Kier alpha value is -1.09. The summed E-state index contributed by atoms with van der Waals surface area (Å²) in [6, 6.07) is 3.81. The summed E-state index contributed by atoms with van der Waals surface area (Å²) >= 11 is 5.69. The molecule has 87 valence electrons. The van der Waals surface area contributed by atoms with Gasteiger partial charge < -0.3 is 4.74 Å². The Morgan fingerprint density at radius 1 is 1.25 bits per heavy atom. The van der Waals surface area contributed by atoms with E-state index in [4.69, 9.17) is 11.6 Å². The van der Waals surface area contributed by atoms with Crippen LogP contribution in [0.4, 0.5) is 0 Å². The fourth-order valence-corrected chi connectivity index (χ4v) is 1.56. The predicted molar refractivity (Wildman–Crippen MR) is 63.1 cm³/mol. The average Bonchev–Trinajstić information content (AvgIpc) is 2.30. The molecule has 0 unspecified atom stereocenters. The van der Waals surface area contributed by atoms with Crippen molar-refractivity contribution >= 4 is 18.1 Å². The molecule has 0 aliphatic rings. The highest BCUT2D eigenvalue weighted by atomic mass is 35.5. The second-order valence-corrected chi connectivity index (χ2v) is 3.97. The van der Waals surface area contributed by atoms with Gasteiger partial charge in [-0.3, -0.25) is 0 Å². The quantitative estimate of drug-likeness (QED) is 0.518. The molecule has 0 saturated carbocycles. The Bertz CT molecular complexity index is 300. The largest absolute Gasteiger partial charge is 0.457 e. The molecule has 0 spiro atoms. The molecule has 1 radical (unpaired) electrons. The molecule has 0 aliphatic carbocycles. The number of ether oxygens (including phenoxy) is 1. The number of halogens is 1. The lowest BCUT2D eigenvalue weighted by Crippen LogP contribution is -1.92. The van der Waals surface area contributed by atoms with E-state index < -0.39 is 0 Å². The summed E-state index contributed by atoms with van der Waals surface area (Å²) in [5.74, 6) is 0. The Morgan fingerprint density at radius 3 is 2.75 bits per heavy atom. The summed E-state index contributed by atoms with van der Waals surface area (Å²) in [5.41, 5.74) is 1.21. The van der Waals surface area contributed by atoms with E-state index in [1.165, 1.54) is 12.0 Å². The van der Waals surface area contributed by atoms with E-state index >= 15 is 0 Å². The van der Waals surface area contributed by atoms with Crippen molar-refractivity contribution in [2.75, 3.05) is 6.61 Å². The van der Waals surface area contributed by atoms with Crippen LogP contribution in [0.1, 0.15) is 31.2 Å². The molecule has 0 N–H and O–H groups in total. The zero-order chi connectivity index (χ0) is 11.6. The first kappa shape index (κ1) is 13.0. The van der Waals surface area contributed by atoms with Crippen molar-refractivity contribution in [3.05, 3.63) is 29.0 Å². The minimum Gasteiger partial charge on any atom is -0.457 e. The summed E-state index contributed by atoms with van der Waals surface area (Å²) in [6.45, 7) is 1.90. The number of hydrogen-bond donors (Lipinski definition) is 0. The molecule has 0 aromatic carbocycles. The highest BCUT2D eigenvalue weighted by Gasteiger charge is 1.95. The van der Waals surface area contributed by atoms with Crippen molar-refractivity contribution < 1.29 is 9.53 Å². The topological polar surface area (TPSA) is 39.2 Å². The number of rotatable bonds is 8. The average molecular weight is 241 g/mol. The zero-order valence-electron chi connectivity index (χ0n) is 9.12. The molecule has 3 nitrogen and oxygen atoms in total. The van der Waals surface area contributed by atoms with Gasteiger partial charge in [0.1, 0.15) is 5.15 Å². The van der Waals surface area contributed by atoms with Crippen molar-refractivity contribution in [3.8, 4) is 0 Å². The SMILES string of the molecule is O=[C]OCCCCCCc1ccc(Cl)nc1. The molecule has 1 rings (SSSR count). The molecular weight excluding hydrogens is 226 g/mol. The number of aryl methyl sites for hydroxylation is 1. The van der Waals surface area contributed by atoms with Gasteiger partial charge in [0.2, 0.25) is 0 Å². The number of carbonyl (C=O) groups excluding carboxylic acids is 1. The Morgan fingerprint density at radius 2 is 2.06 bits per heavy atom. The van der Waals surface area contributed by atoms with E-state index in [2.05, 4.69) is 9.72 Å². The van der Waals surface area contributed by atoms with Gasteiger partial charge in [-0.25, -0.2) is 9.78 Å². The number of unbranched alkanes of at least 4 members (excludes halogenated alkanes) is 3. The van der Waals surface area contributed by atoms with Gasteiger partial charge in [-0.05, 0) is 30.9 Å². The molecule has 0 fully saturated rings. The molecular formula is C12H15ClNO2. The third-order valence-electron chi connectivity index (χ3n) is 2.31. The van der Waals surface area contributed by atoms with E-state index in [1.54, 1.807) is 0 Å². The van der Waals surface area contributed by atoms with Crippen molar-refractivity contribution in [1.29, 1.82) is 0 Å². The van der Waals surface area contributed by atoms with Crippen LogP contribution in [-0.4, -0.2) is 18.1 Å². The van der Waals surface area contributed by atoms with E-state index in [1.807, 2.05) is 18.3 Å². The number of nitrogens with zero attached hydrogens (tertiary/aromatic N) is 1. The van der Waals surface area contributed by atoms with Gasteiger partial charge in [0.15, 0.2) is 0 Å². The maximum atomic E-state index is 9.74. The fraction of sp³-hybridized carbons (Fsp3) is 0.500. The van der Waals surface area contributed by atoms with Crippen molar-refractivity contribution in [2.24, 2.45) is 0 Å². The van der Waals surface area contributed by atoms with Gasteiger partial charge >= 0.3 is 6.47 Å². The molecule has 16 heavy (non-hydrogen) atoms. The molecule has 1 heterocycles. The van der Waals surface area contributed by atoms with Crippen LogP contribution in [0.25, 0.3) is 0 Å². The number of aromatic nitrogens is 1. The lowest BCUT2D eigenvalue weighted by atomic mass is 10.1. The molecule has 4 heteroatoms. The third kappa shape index (κ3) is 5.71. The van der Waals surface area contributed by atoms with Gasteiger partial charge in [-0.2, -0.15) is 0 Å². The lowest BCUT2D eigenvalue weighted by Gasteiger charge is -2.01. The number of pyridine rings is 1. The Labute approximate surface area is 101 Å². The molecule has 0 bridgehead atoms. The van der Waals surface area contributed by atoms with Gasteiger partial charge in [-0.1, -0.05) is 30.5 Å². The first-order chi connectivity index (χ1) is 7.83. The maximum Gasteiger partial charge on any atom is 0.417 e. The zero-order valence-corrected chi connectivity index (χ0v) is 9.87. The van der Waals surface area contributed by atoms with E-state index in [-0.39, 0.29) is 0 Å². The third-order valence-corrected chi connectivity index (χ3v) is 2.53. The van der Waals surface area contributed by atoms with Crippen LogP contribution in [0.5, 0.6) is 0 Å². The van der Waals surface area contributed by atoms with Crippen LogP contribution >= 0.6 is 11.6 Å². The van der Waals surface area contributed by atoms with Gasteiger partial charge in [0, 0.05) is 6.20 Å². The Kier molecular flexibility index (Phi) is 6.58. The molecule has 0 amide bonds. The van der Waals surface area contributed by atoms with Gasteiger partial charge in [0.05, 0.1) is 6.61 Å². The smallest absolute Gasteiger partial charge is 0.417 e. The van der Waals surface area contributed by atoms with Crippen LogP contribution < -0.4 is 0 Å². The summed E-state index contributed by atoms with van der Waals surface area (Å²) in [6.07, 6.45) is 7.06. The molecule has 0 aliphatic heterocycles. The van der Waals surface area contributed by atoms with Crippen molar-refractivity contribution in [1.82, 2.24) is 4.98 Å². The van der Waals surface area contributed by atoms with Gasteiger partial charge in [0.25, 0.3) is 0 Å². The van der Waals surface area contributed by atoms with Crippen LogP contribution in [-0.2, 0) is 16.0 Å². The second kappa shape index (κ2) is 8.11. The van der Waals surface area contributed by atoms with Crippen molar-refractivity contribution in [2.45, 2.75) is 32.1 Å². The van der Waals surface area contributed by atoms with E-state index in [0.29, 0.717) is 11.8 Å². The molecule has 1 aromatic heterocycles. The summed E-state index contributed by atoms with van der Waals surface area (Å²) in [5, 5.41) is 0.533. The standard InChI is InChI=1S/C12H15ClNO2/c13-12-7-6-11(9-14-12)5-3-1-2-4-8-16-10-15/h6-7,9H,1-5,8H2. The molecule has 0 saturated heterocycles. The van der Waals surface area contributed by atoms with Crippen LogP contribution in [0.15, 0.2) is 18.3 Å². The molecule has 1 aromatic rings. The van der Waals surface area contributed by atoms with Crippen LogP contribution in [0, 0.1) is 0 Å². The lowest BCUT2D eigenvalue weighted by molar-refractivity contribution is 0.269. The monoisotopic (exact) mass is 240 g/mol. The predicted octanol–water partition coefficient (Wildman–Crippen LogP) is 2.92. The minimum absolute atomic E-state index is 0.478. The van der Waals surface area contributed by atoms with E-state index in [9.17, 15) is 4.79 Å². The minimum atomic E-state index is 0.478. The summed E-state index contributed by atoms with van der Waals surface area (Å²) < 4.78 is 4.48. The highest BCUT2D eigenvalue weighted by molar-refractivity contribution is 6.29. The Balaban J connectivity index is 2.02. The number of hydrogen-bond acceptors (Lipinski definition) is 3.